The van der Waals surface area contributed by atoms with Crippen LogP contribution in [0.4, 0.5) is 0 Å². The third-order valence-electron chi connectivity index (χ3n) is 1.95. The molecule has 0 amide bonds. The van der Waals surface area contributed by atoms with Gasteiger partial charge in [-0.25, -0.2) is 0 Å². The van der Waals surface area contributed by atoms with Crippen LogP contribution in [0.25, 0.3) is 0 Å². The molecule has 1 aromatic carbocycles. The molecule has 0 N–H and O–H groups in total. The summed E-state index contributed by atoms with van der Waals surface area (Å²) in [5.74, 6) is 0.842. The van der Waals surface area contributed by atoms with Crippen LogP contribution in [-0.4, -0.2) is 5.78 Å². The first-order chi connectivity index (χ1) is 5.77. The van der Waals surface area contributed by atoms with Gasteiger partial charge >= 0.3 is 0 Å². The minimum absolute atomic E-state index is 0.0196. The van der Waals surface area contributed by atoms with Crippen LogP contribution in [0.1, 0.15) is 12.5 Å². The molecule has 0 saturated heterocycles. The average Bonchev–Trinajstić information content (AvgIpc) is 2.46. The van der Waals surface area contributed by atoms with Crippen molar-refractivity contribution in [2.45, 2.75) is 13.3 Å². The molecule has 61 valence electrons. The van der Waals surface area contributed by atoms with E-state index < -0.39 is 0 Å². The zero-order valence-corrected chi connectivity index (χ0v) is 6.83. The van der Waals surface area contributed by atoms with E-state index in [0.29, 0.717) is 12.5 Å². The second-order valence-electron chi connectivity index (χ2n) is 2.87. The molecular weight excluding hydrogens is 152 g/mol. The summed E-state index contributed by atoms with van der Waals surface area (Å²) in [5.41, 5.74) is 1.10. The van der Waals surface area contributed by atoms with Crippen molar-refractivity contribution in [3.8, 4) is 5.75 Å². The Morgan fingerprint density at radius 2 is 2.17 bits per heavy atom. The first kappa shape index (κ1) is 7.35. The lowest BCUT2D eigenvalue weighted by Gasteiger charge is -2.02. The van der Waals surface area contributed by atoms with Crippen molar-refractivity contribution in [3.63, 3.8) is 0 Å². The summed E-state index contributed by atoms with van der Waals surface area (Å²) in [6.45, 7) is 1.53. The Hall–Kier alpha value is -1.31. The topological polar surface area (TPSA) is 26.3 Å². The maximum absolute atomic E-state index is 11.0. The van der Waals surface area contributed by atoms with Gasteiger partial charge in [0.1, 0.15) is 5.75 Å². The van der Waals surface area contributed by atoms with Crippen molar-refractivity contribution in [1.29, 1.82) is 0 Å². The lowest BCUT2D eigenvalue weighted by atomic mass is 10.1. The smallest absolute Gasteiger partial charge is 0.217 e. The van der Waals surface area contributed by atoms with Gasteiger partial charge < -0.3 is 4.74 Å². The summed E-state index contributed by atoms with van der Waals surface area (Å²) in [4.78, 5) is 11.0. The molecule has 1 aliphatic heterocycles. The summed E-state index contributed by atoms with van der Waals surface area (Å²) in [6.07, 6.45) is 1.20. The van der Waals surface area contributed by atoms with E-state index in [1.54, 1.807) is 0 Å². The summed E-state index contributed by atoms with van der Waals surface area (Å²) >= 11 is 0. The number of hydrogen-bond donors (Lipinski definition) is 0. The Morgan fingerprint density at radius 3 is 2.83 bits per heavy atom. The Labute approximate surface area is 71.2 Å². The molecule has 2 nitrogen and oxygen atoms in total. The number of rotatable bonds is 1. The number of carbonyl (C=O) groups excluding carboxylic acids is 1. The normalized spacial score (nSPS) is 15.4. The minimum Gasteiger partial charge on any atom is -0.474 e. The summed E-state index contributed by atoms with van der Waals surface area (Å²) in [6, 6.07) is 7.71. The van der Waals surface area contributed by atoms with Crippen LogP contribution in [0.3, 0.4) is 0 Å². The highest BCUT2D eigenvalue weighted by molar-refractivity contribution is 5.89. The molecule has 2 heteroatoms. The Bertz CT molecular complexity index is 292. The van der Waals surface area contributed by atoms with Gasteiger partial charge in [0.05, 0.1) is 0 Å². The van der Waals surface area contributed by atoms with Crippen molar-refractivity contribution < 1.29 is 9.53 Å². The number of ketones is 1. The highest BCUT2D eigenvalue weighted by Crippen LogP contribution is 2.31. The van der Waals surface area contributed by atoms with Gasteiger partial charge in [-0.2, -0.15) is 0 Å². The molecule has 1 radical (unpaired) electrons. The van der Waals surface area contributed by atoms with E-state index in [0.717, 1.165) is 11.3 Å². The van der Waals surface area contributed by atoms with Crippen LogP contribution in [0.15, 0.2) is 24.3 Å². The molecule has 0 aliphatic carbocycles. The number of carbonyl (C=O) groups is 1. The van der Waals surface area contributed by atoms with Gasteiger partial charge in [-0.05, 0) is 18.6 Å². The number of Topliss-reactive ketones (excluding diaryl/α,β-unsaturated/α-hetero) is 1. The molecule has 12 heavy (non-hydrogen) atoms. The number of para-hydroxylation sites is 1. The number of hydrogen-bond acceptors (Lipinski definition) is 2. The number of benzene rings is 1. The quantitative estimate of drug-likeness (QED) is 0.627. The number of ether oxygens (including phenoxy) is 1. The zero-order chi connectivity index (χ0) is 8.55. The van der Waals surface area contributed by atoms with Crippen LogP contribution in [-0.2, 0) is 11.2 Å². The average molecular weight is 161 g/mol. The largest absolute Gasteiger partial charge is 0.474 e. The fourth-order valence-electron chi connectivity index (χ4n) is 1.29. The molecular formula is C10H9O2. The van der Waals surface area contributed by atoms with E-state index in [-0.39, 0.29) is 5.78 Å². The van der Waals surface area contributed by atoms with E-state index in [2.05, 4.69) is 0 Å². The lowest BCUT2D eigenvalue weighted by Crippen LogP contribution is -2.11. The predicted octanol–water partition coefficient (Wildman–Crippen LogP) is 1.74. The molecule has 0 saturated carbocycles. The van der Waals surface area contributed by atoms with E-state index in [4.69, 9.17) is 4.74 Å². The molecule has 0 fully saturated rings. The van der Waals surface area contributed by atoms with Gasteiger partial charge in [0.2, 0.25) is 6.10 Å². The lowest BCUT2D eigenvalue weighted by molar-refractivity contribution is -0.118. The van der Waals surface area contributed by atoms with E-state index in [1.807, 2.05) is 24.3 Å². The highest BCUT2D eigenvalue weighted by atomic mass is 16.5. The third kappa shape index (κ3) is 1.09. The van der Waals surface area contributed by atoms with E-state index in [9.17, 15) is 4.79 Å². The van der Waals surface area contributed by atoms with Crippen LogP contribution in [0.5, 0.6) is 5.75 Å². The van der Waals surface area contributed by atoms with Gasteiger partial charge in [-0.1, -0.05) is 18.2 Å². The third-order valence-corrected chi connectivity index (χ3v) is 1.95. The standard InChI is InChI=1S/C10H9O2/c1-7(11)10-6-8-4-2-3-5-9(8)12-10/h2-5H,6H2,1H3. The molecule has 0 bridgehead atoms. The molecule has 0 atom stereocenters. The zero-order valence-electron chi connectivity index (χ0n) is 6.83. The van der Waals surface area contributed by atoms with Crippen LogP contribution >= 0.6 is 0 Å². The van der Waals surface area contributed by atoms with Crippen molar-refractivity contribution in [3.05, 3.63) is 35.9 Å². The Morgan fingerprint density at radius 1 is 1.42 bits per heavy atom. The van der Waals surface area contributed by atoms with Gasteiger partial charge in [-0.15, -0.1) is 0 Å². The van der Waals surface area contributed by atoms with Crippen molar-refractivity contribution in [2.24, 2.45) is 0 Å². The van der Waals surface area contributed by atoms with Crippen molar-refractivity contribution in [1.82, 2.24) is 0 Å². The Balaban J connectivity index is 2.27. The molecule has 1 heterocycles. The number of fused-ring (bicyclic) bond motifs is 1. The first-order valence-corrected chi connectivity index (χ1v) is 3.90. The molecule has 1 aliphatic rings. The van der Waals surface area contributed by atoms with Crippen molar-refractivity contribution >= 4 is 5.78 Å². The maximum atomic E-state index is 11.0. The predicted molar refractivity (Wildman–Crippen MR) is 44.7 cm³/mol. The SMILES string of the molecule is CC(=O)[C]1Cc2ccccc2O1. The van der Waals surface area contributed by atoms with Crippen LogP contribution < -0.4 is 4.74 Å². The maximum Gasteiger partial charge on any atom is 0.217 e. The Kier molecular flexibility index (Phi) is 1.61. The molecule has 1 aromatic rings. The van der Waals surface area contributed by atoms with Gasteiger partial charge in [0.25, 0.3) is 0 Å². The first-order valence-electron chi connectivity index (χ1n) is 3.90. The fraction of sp³-hybridized carbons (Fsp3) is 0.200. The van der Waals surface area contributed by atoms with Gasteiger partial charge in [-0.3, -0.25) is 4.79 Å². The molecule has 0 aromatic heterocycles. The summed E-state index contributed by atoms with van der Waals surface area (Å²) in [7, 11) is 0. The van der Waals surface area contributed by atoms with Gasteiger partial charge in [0.15, 0.2) is 5.78 Å². The van der Waals surface area contributed by atoms with Crippen LogP contribution in [0, 0.1) is 6.10 Å². The second-order valence-corrected chi connectivity index (χ2v) is 2.87. The highest BCUT2D eigenvalue weighted by Gasteiger charge is 2.27. The molecule has 0 spiro atoms. The minimum atomic E-state index is 0.0196. The fourth-order valence-corrected chi connectivity index (χ4v) is 1.29. The summed E-state index contributed by atoms with van der Waals surface area (Å²) < 4.78 is 5.34. The van der Waals surface area contributed by atoms with E-state index >= 15 is 0 Å². The monoisotopic (exact) mass is 161 g/mol. The van der Waals surface area contributed by atoms with Crippen LogP contribution in [0.2, 0.25) is 0 Å². The second kappa shape index (κ2) is 2.63. The van der Waals surface area contributed by atoms with Crippen molar-refractivity contribution in [2.75, 3.05) is 0 Å². The van der Waals surface area contributed by atoms with Gasteiger partial charge in [0, 0.05) is 6.42 Å². The van der Waals surface area contributed by atoms with E-state index in [1.165, 1.54) is 6.92 Å². The molecule has 2 rings (SSSR count). The molecule has 0 unspecified atom stereocenters. The summed E-state index contributed by atoms with van der Waals surface area (Å²) in [5, 5.41) is 0.